The van der Waals surface area contributed by atoms with Gasteiger partial charge in [0.25, 0.3) is 11.5 Å². The summed E-state index contributed by atoms with van der Waals surface area (Å²) in [6, 6.07) is 2.24. The number of nitrogens with two attached hydrogens (primary N) is 1. The monoisotopic (exact) mass is 413 g/mol. The number of aromatic nitrogens is 1. The summed E-state index contributed by atoms with van der Waals surface area (Å²) >= 11 is 1.63. The van der Waals surface area contributed by atoms with Crippen LogP contribution < -0.4 is 16.6 Å². The molecule has 1 saturated carbocycles. The van der Waals surface area contributed by atoms with Crippen molar-refractivity contribution in [2.75, 3.05) is 0 Å². The minimum Gasteiger partial charge on any atom is -0.348 e. The van der Waals surface area contributed by atoms with E-state index in [-0.39, 0.29) is 18.0 Å². The first-order chi connectivity index (χ1) is 13.8. The molecule has 2 aromatic rings. The molecule has 0 bridgehead atoms. The summed E-state index contributed by atoms with van der Waals surface area (Å²) in [5, 5.41) is 4.86. The largest absolute Gasteiger partial charge is 0.348 e. The van der Waals surface area contributed by atoms with Crippen LogP contribution in [0.1, 0.15) is 70.2 Å². The molecule has 6 heteroatoms. The van der Waals surface area contributed by atoms with E-state index in [2.05, 4.69) is 23.3 Å². The van der Waals surface area contributed by atoms with E-state index >= 15 is 0 Å². The molecule has 1 fully saturated rings. The van der Waals surface area contributed by atoms with Crippen molar-refractivity contribution < 1.29 is 4.79 Å². The SMILES string of the molecule is C/C=C(/c1scc(C(=O)NCc2c(C)cc(C)[nH]c2=O)c1C)[C@H]1CC[C@H](N)CC1. The molecule has 0 unspecified atom stereocenters. The molecular weight excluding hydrogens is 382 g/mol. The molecule has 0 saturated heterocycles. The van der Waals surface area contributed by atoms with Crippen LogP contribution in [0, 0.1) is 26.7 Å². The third-order valence-corrected chi connectivity index (χ3v) is 7.12. The number of hydrogen-bond acceptors (Lipinski definition) is 4. The van der Waals surface area contributed by atoms with E-state index in [0.717, 1.165) is 42.5 Å². The molecule has 1 aliphatic carbocycles. The van der Waals surface area contributed by atoms with Crippen LogP contribution in [0.4, 0.5) is 0 Å². The van der Waals surface area contributed by atoms with E-state index in [4.69, 9.17) is 5.73 Å². The Balaban J connectivity index is 1.75. The fraction of sp³-hybridized carbons (Fsp3) is 0.478. The fourth-order valence-electron chi connectivity index (χ4n) is 4.27. The molecule has 0 aliphatic heterocycles. The Morgan fingerprint density at radius 2 is 1.97 bits per heavy atom. The smallest absolute Gasteiger partial charge is 0.253 e. The van der Waals surface area contributed by atoms with Gasteiger partial charge in [0.15, 0.2) is 0 Å². The molecular formula is C23H31N3O2S. The maximum atomic E-state index is 12.8. The van der Waals surface area contributed by atoms with Crippen LogP contribution in [-0.4, -0.2) is 16.9 Å². The van der Waals surface area contributed by atoms with Crippen molar-refractivity contribution in [2.45, 2.75) is 66.0 Å². The lowest BCUT2D eigenvalue weighted by molar-refractivity contribution is 0.0950. The number of amides is 1. The summed E-state index contributed by atoms with van der Waals surface area (Å²) in [6.45, 7) is 8.07. The minimum atomic E-state index is -0.141. The molecule has 0 spiro atoms. The van der Waals surface area contributed by atoms with Gasteiger partial charge in [-0.2, -0.15) is 0 Å². The molecule has 156 valence electrons. The van der Waals surface area contributed by atoms with E-state index < -0.39 is 0 Å². The number of carbonyl (C=O) groups is 1. The van der Waals surface area contributed by atoms with Gasteiger partial charge in [-0.15, -0.1) is 11.3 Å². The lowest BCUT2D eigenvalue weighted by atomic mass is 9.80. The summed E-state index contributed by atoms with van der Waals surface area (Å²) in [6.07, 6.45) is 6.52. The average molecular weight is 414 g/mol. The fourth-order valence-corrected chi connectivity index (χ4v) is 5.50. The number of rotatable bonds is 5. The second kappa shape index (κ2) is 9.09. The van der Waals surface area contributed by atoms with Gasteiger partial charge in [0.2, 0.25) is 0 Å². The second-order valence-corrected chi connectivity index (χ2v) is 8.96. The zero-order valence-electron chi connectivity index (χ0n) is 17.7. The Morgan fingerprint density at radius 3 is 2.59 bits per heavy atom. The topological polar surface area (TPSA) is 88.0 Å². The molecule has 3 rings (SSSR count). The van der Waals surface area contributed by atoms with Crippen LogP contribution in [0.2, 0.25) is 0 Å². The summed E-state index contributed by atoms with van der Waals surface area (Å²) in [4.78, 5) is 29.0. The quantitative estimate of drug-likeness (QED) is 0.686. The van der Waals surface area contributed by atoms with Gasteiger partial charge < -0.3 is 16.0 Å². The lowest BCUT2D eigenvalue weighted by Gasteiger charge is -2.28. The number of thiophene rings is 1. The van der Waals surface area contributed by atoms with Gasteiger partial charge in [-0.3, -0.25) is 9.59 Å². The van der Waals surface area contributed by atoms with Gasteiger partial charge in [-0.05, 0) is 82.1 Å². The number of nitrogens with one attached hydrogen (secondary N) is 2. The number of H-pyrrole nitrogens is 1. The first-order valence-corrected chi connectivity index (χ1v) is 11.2. The molecule has 0 aromatic carbocycles. The molecule has 2 heterocycles. The van der Waals surface area contributed by atoms with E-state index in [1.807, 2.05) is 32.2 Å². The van der Waals surface area contributed by atoms with Gasteiger partial charge in [0.05, 0.1) is 5.56 Å². The van der Waals surface area contributed by atoms with Crippen LogP contribution in [0.5, 0.6) is 0 Å². The van der Waals surface area contributed by atoms with Crippen LogP contribution >= 0.6 is 11.3 Å². The first kappa shape index (κ1) is 21.5. The third-order valence-electron chi connectivity index (χ3n) is 5.99. The molecule has 29 heavy (non-hydrogen) atoms. The van der Waals surface area contributed by atoms with E-state index in [1.165, 1.54) is 10.5 Å². The summed E-state index contributed by atoms with van der Waals surface area (Å²) in [5.41, 5.74) is 11.3. The maximum absolute atomic E-state index is 12.8. The summed E-state index contributed by atoms with van der Waals surface area (Å²) < 4.78 is 0. The Labute approximate surface area is 176 Å². The Hall–Kier alpha value is -2.18. The highest BCUT2D eigenvalue weighted by Crippen LogP contribution is 2.39. The van der Waals surface area contributed by atoms with Gasteiger partial charge >= 0.3 is 0 Å². The van der Waals surface area contributed by atoms with Crippen molar-refractivity contribution in [3.63, 3.8) is 0 Å². The van der Waals surface area contributed by atoms with Crippen LogP contribution in [0.15, 0.2) is 22.3 Å². The van der Waals surface area contributed by atoms with E-state index in [9.17, 15) is 9.59 Å². The van der Waals surface area contributed by atoms with Crippen LogP contribution in [0.25, 0.3) is 5.57 Å². The highest BCUT2D eigenvalue weighted by atomic mass is 32.1. The summed E-state index contributed by atoms with van der Waals surface area (Å²) in [7, 11) is 0. The maximum Gasteiger partial charge on any atom is 0.253 e. The highest BCUT2D eigenvalue weighted by molar-refractivity contribution is 7.11. The molecule has 5 nitrogen and oxygen atoms in total. The number of aromatic amines is 1. The zero-order chi connectivity index (χ0) is 21.1. The standard InChI is InChI=1S/C23H31N3O2S/c1-5-18(16-6-8-17(24)9-7-16)21-15(4)20(12-29-21)22(27)25-11-19-13(2)10-14(3)26-23(19)28/h5,10,12,16-17H,6-9,11,24H2,1-4H3,(H,25,27)(H,26,28)/b18-5+/t16-,17-. The second-order valence-electron chi connectivity index (χ2n) is 8.08. The number of allylic oxidation sites excluding steroid dienone is 2. The molecule has 1 aliphatic rings. The summed E-state index contributed by atoms with van der Waals surface area (Å²) in [5.74, 6) is 0.382. The van der Waals surface area contributed by atoms with Gasteiger partial charge in [0, 0.05) is 34.1 Å². The van der Waals surface area contributed by atoms with Gasteiger partial charge in [0.1, 0.15) is 0 Å². The molecule has 1 amide bonds. The number of carbonyl (C=O) groups excluding carboxylic acids is 1. The number of hydrogen-bond donors (Lipinski definition) is 3. The predicted octanol–water partition coefficient (Wildman–Crippen LogP) is 4.21. The Morgan fingerprint density at radius 1 is 1.28 bits per heavy atom. The number of aryl methyl sites for hydroxylation is 2. The Bertz CT molecular complexity index is 978. The van der Waals surface area contributed by atoms with Crippen molar-refractivity contribution >= 4 is 22.8 Å². The minimum absolute atomic E-state index is 0.134. The van der Waals surface area contributed by atoms with Gasteiger partial charge in [-0.25, -0.2) is 0 Å². The third kappa shape index (κ3) is 4.70. The molecule has 0 atom stereocenters. The van der Waals surface area contributed by atoms with Crippen molar-refractivity contribution in [1.82, 2.24) is 10.3 Å². The molecule has 4 N–H and O–H groups in total. The highest BCUT2D eigenvalue weighted by Gasteiger charge is 2.25. The van der Waals surface area contributed by atoms with Crippen LogP contribution in [0.3, 0.4) is 0 Å². The van der Waals surface area contributed by atoms with E-state index in [1.54, 1.807) is 11.3 Å². The van der Waals surface area contributed by atoms with E-state index in [0.29, 0.717) is 23.1 Å². The number of pyridine rings is 1. The lowest BCUT2D eigenvalue weighted by Crippen LogP contribution is -2.28. The van der Waals surface area contributed by atoms with Crippen LogP contribution in [-0.2, 0) is 6.54 Å². The molecule has 0 radical (unpaired) electrons. The van der Waals surface area contributed by atoms with Crippen molar-refractivity contribution in [3.8, 4) is 0 Å². The zero-order valence-corrected chi connectivity index (χ0v) is 18.5. The Kier molecular flexibility index (Phi) is 6.75. The first-order valence-electron chi connectivity index (χ1n) is 10.3. The van der Waals surface area contributed by atoms with Crippen molar-refractivity contribution in [1.29, 1.82) is 0 Å². The normalized spacial score (nSPS) is 20.0. The average Bonchev–Trinajstić information content (AvgIpc) is 3.04. The van der Waals surface area contributed by atoms with Gasteiger partial charge in [-0.1, -0.05) is 6.08 Å². The molecule has 2 aromatic heterocycles. The predicted molar refractivity (Wildman–Crippen MR) is 120 cm³/mol. The van der Waals surface area contributed by atoms with Crippen molar-refractivity contribution in [2.24, 2.45) is 11.7 Å². The van der Waals surface area contributed by atoms with Crippen molar-refractivity contribution in [3.05, 3.63) is 60.7 Å².